The number of quaternary nitrogens is 1. The van der Waals surface area contributed by atoms with E-state index in [0.29, 0.717) is 0 Å². The number of carbonyl (C=O) groups is 3. The Morgan fingerprint density at radius 3 is 1.48 bits per heavy atom. The minimum absolute atomic E-state index is 0.129. The Balaban J connectivity index is 0.000000845. The summed E-state index contributed by atoms with van der Waals surface area (Å²) in [7, 11) is -3.80. The van der Waals surface area contributed by atoms with E-state index in [4.69, 9.17) is 32.7 Å². The third-order valence-corrected chi connectivity index (χ3v) is 11.8. The van der Waals surface area contributed by atoms with Gasteiger partial charge in [0.2, 0.25) is 0 Å². The normalized spacial score (nSPS) is 20.1. The first-order valence-corrected chi connectivity index (χ1v) is 22.2. The number of fused-ring (bicyclic) bond motifs is 3. The number of phosphoric ester groups is 1. The summed E-state index contributed by atoms with van der Waals surface area (Å²) in [5, 5.41) is 0. The molecule has 5 aromatic rings. The van der Waals surface area contributed by atoms with Crippen molar-refractivity contribution >= 4 is 25.7 Å². The average molecular weight is 867 g/mol. The summed E-state index contributed by atoms with van der Waals surface area (Å²) in [6.45, 7) is 9.67. The highest BCUT2D eigenvalue weighted by molar-refractivity contribution is 7.47. The van der Waals surface area contributed by atoms with Gasteiger partial charge in [0.1, 0.15) is 18.8 Å². The molecule has 0 spiro atoms. The summed E-state index contributed by atoms with van der Waals surface area (Å²) in [6.07, 6.45) is -7.75. The Morgan fingerprint density at radius 1 is 0.597 bits per heavy atom. The van der Waals surface area contributed by atoms with Crippen molar-refractivity contribution in [1.29, 1.82) is 0 Å². The van der Waals surface area contributed by atoms with E-state index in [2.05, 4.69) is 20.8 Å². The number of nitrogens with one attached hydrogen (secondary N) is 1. The van der Waals surface area contributed by atoms with Gasteiger partial charge in [-0.2, -0.15) is 0 Å². The van der Waals surface area contributed by atoms with Crippen LogP contribution in [0, 0.1) is 0 Å². The van der Waals surface area contributed by atoms with E-state index in [1.54, 1.807) is 71.6 Å². The lowest BCUT2D eigenvalue weighted by atomic mass is 9.98. The van der Waals surface area contributed by atoms with E-state index < -0.39 is 69.0 Å². The number of hydrogen-bond acceptors (Lipinski definition) is 11. The summed E-state index contributed by atoms with van der Waals surface area (Å²) in [6, 6.07) is 39.5. The maximum absolute atomic E-state index is 14.0. The Labute approximate surface area is 362 Å². The van der Waals surface area contributed by atoms with Crippen LogP contribution in [0.1, 0.15) is 68.9 Å². The SMILES string of the molecule is CC[NH+](CC)CC.CO[C@@H]1O[C@H](COC(=O)c2ccccc2)[C@H](OP(=O)(O)OCC2c3ccccc3-c3ccccc32)[C@H](OC(=O)c2ccccc2)[C@H]1OC(=O)c1ccccc1. The quantitative estimate of drug-likeness (QED) is 0.0601. The van der Waals surface area contributed by atoms with E-state index in [1.165, 1.54) is 51.0 Å². The van der Waals surface area contributed by atoms with E-state index in [-0.39, 0.29) is 23.3 Å². The fourth-order valence-corrected chi connectivity index (χ4v) is 8.44. The molecule has 7 rings (SSSR count). The van der Waals surface area contributed by atoms with Gasteiger partial charge in [-0.05, 0) is 79.4 Å². The molecule has 1 saturated heterocycles. The molecule has 2 aliphatic rings. The van der Waals surface area contributed by atoms with Crippen LogP contribution >= 0.6 is 7.82 Å². The highest BCUT2D eigenvalue weighted by Gasteiger charge is 2.54. The minimum Gasteiger partial charge on any atom is -0.459 e. The molecule has 0 saturated carbocycles. The Hall–Kier alpha value is -5.50. The molecule has 1 aliphatic heterocycles. The molecule has 1 aliphatic carbocycles. The maximum Gasteiger partial charge on any atom is 0.472 e. The molecule has 1 unspecified atom stereocenters. The molecule has 62 heavy (non-hydrogen) atoms. The first-order valence-electron chi connectivity index (χ1n) is 20.7. The van der Waals surface area contributed by atoms with E-state index >= 15 is 0 Å². The molecule has 1 heterocycles. The number of methoxy groups -OCH3 is 1. The molecule has 0 bridgehead atoms. The Morgan fingerprint density at radius 2 is 1.03 bits per heavy atom. The van der Waals surface area contributed by atoms with E-state index in [0.717, 1.165) is 22.3 Å². The zero-order chi connectivity index (χ0) is 44.1. The van der Waals surface area contributed by atoms with Crippen LogP contribution in [0.3, 0.4) is 0 Å². The summed E-state index contributed by atoms with van der Waals surface area (Å²) in [5.41, 5.74) is 4.28. The molecular weight excluding hydrogens is 813 g/mol. The third-order valence-electron chi connectivity index (χ3n) is 10.8. The maximum atomic E-state index is 14.0. The zero-order valence-electron chi connectivity index (χ0n) is 35.2. The second-order valence-corrected chi connectivity index (χ2v) is 16.0. The smallest absolute Gasteiger partial charge is 0.459 e. The molecule has 2 N–H and O–H groups in total. The van der Waals surface area contributed by atoms with Crippen molar-refractivity contribution in [3.8, 4) is 11.1 Å². The van der Waals surface area contributed by atoms with Crippen molar-refractivity contribution in [2.24, 2.45) is 0 Å². The average Bonchev–Trinajstić information content (AvgIpc) is 3.63. The minimum atomic E-state index is -5.07. The van der Waals surface area contributed by atoms with Gasteiger partial charge in [0, 0.05) is 13.0 Å². The molecule has 14 heteroatoms. The van der Waals surface area contributed by atoms with E-state index in [9.17, 15) is 23.8 Å². The lowest BCUT2D eigenvalue weighted by molar-refractivity contribution is -0.894. The number of phosphoric acid groups is 1. The number of hydrogen-bond donors (Lipinski definition) is 2. The van der Waals surface area contributed by atoms with Gasteiger partial charge in [0.25, 0.3) is 0 Å². The number of carbonyl (C=O) groups excluding carboxylic acids is 3. The van der Waals surface area contributed by atoms with Gasteiger partial charge in [-0.1, -0.05) is 103 Å². The summed E-state index contributed by atoms with van der Waals surface area (Å²) in [4.78, 5) is 53.3. The van der Waals surface area contributed by atoms with Crippen LogP contribution in [0.4, 0.5) is 0 Å². The molecular formula is C48H53NO12P+. The highest BCUT2D eigenvalue weighted by Crippen LogP contribution is 2.51. The molecule has 326 valence electrons. The monoisotopic (exact) mass is 866 g/mol. The van der Waals surface area contributed by atoms with Gasteiger partial charge in [-0.3, -0.25) is 9.05 Å². The zero-order valence-corrected chi connectivity index (χ0v) is 36.1. The second-order valence-electron chi connectivity index (χ2n) is 14.6. The first kappa shape index (κ1) is 46.0. The Bertz CT molecular complexity index is 2220. The van der Waals surface area contributed by atoms with Crippen molar-refractivity contribution in [2.45, 2.75) is 57.4 Å². The number of benzene rings is 5. The molecule has 1 fully saturated rings. The molecule has 6 atom stereocenters. The van der Waals surface area contributed by atoms with Crippen molar-refractivity contribution in [3.63, 3.8) is 0 Å². The van der Waals surface area contributed by atoms with Gasteiger partial charge < -0.3 is 33.5 Å². The summed E-state index contributed by atoms with van der Waals surface area (Å²) >= 11 is 0. The number of ether oxygens (including phenoxy) is 5. The third kappa shape index (κ3) is 11.5. The largest absolute Gasteiger partial charge is 0.472 e. The van der Waals surface area contributed by atoms with Crippen LogP contribution in [0.5, 0.6) is 0 Å². The van der Waals surface area contributed by atoms with Gasteiger partial charge in [0.05, 0.1) is 42.9 Å². The highest BCUT2D eigenvalue weighted by atomic mass is 31.2. The molecule has 5 aromatic carbocycles. The predicted octanol–water partition coefficient (Wildman–Crippen LogP) is 6.91. The van der Waals surface area contributed by atoms with Gasteiger partial charge >= 0.3 is 25.7 Å². The van der Waals surface area contributed by atoms with Crippen molar-refractivity contribution < 1.29 is 61.5 Å². The Kier molecular flexibility index (Phi) is 16.4. The van der Waals surface area contributed by atoms with Crippen molar-refractivity contribution in [1.82, 2.24) is 0 Å². The van der Waals surface area contributed by atoms with E-state index in [1.807, 2.05) is 48.5 Å². The van der Waals surface area contributed by atoms with Crippen LogP contribution in [0.25, 0.3) is 11.1 Å². The topological polar surface area (TPSA) is 158 Å². The first-order chi connectivity index (χ1) is 30.1. The second kappa shape index (κ2) is 22.0. The fourth-order valence-electron chi connectivity index (χ4n) is 7.48. The summed E-state index contributed by atoms with van der Waals surface area (Å²) < 4.78 is 54.8. The molecule has 0 aromatic heterocycles. The van der Waals surface area contributed by atoms with Gasteiger partial charge in [-0.15, -0.1) is 0 Å². The van der Waals surface area contributed by atoms with Gasteiger partial charge in [0.15, 0.2) is 18.5 Å². The van der Waals surface area contributed by atoms with Crippen molar-refractivity contribution in [3.05, 3.63) is 167 Å². The molecule has 0 radical (unpaired) electrons. The number of esters is 3. The van der Waals surface area contributed by atoms with Crippen LogP contribution < -0.4 is 4.90 Å². The fraction of sp³-hybridized carbons (Fsp3) is 0.312. The van der Waals surface area contributed by atoms with Crippen LogP contribution in [0.15, 0.2) is 140 Å². The standard InChI is InChI=1S/C42H37O12P.C6H15N/c1-48-42-38(53-41(45)29-19-9-4-10-20-29)37(52-40(44)28-17-7-3-8-18-28)36(35(51-42)26-49-39(43)27-15-5-2-6-16-27)54-55(46,47)50-25-34-32-23-13-11-21-30(32)31-22-12-14-24-33(31)34;1-4-7(5-2)6-3/h2-24,34-38,42H,25-26H2,1H3,(H,46,47);4-6H2,1-3H3/p+1/t35-,36+,37+,38-,42-;/m1./s1. The van der Waals surface area contributed by atoms with Crippen LogP contribution in [0.2, 0.25) is 0 Å². The van der Waals surface area contributed by atoms with Crippen molar-refractivity contribution in [2.75, 3.05) is 40.0 Å². The number of rotatable bonds is 16. The van der Waals surface area contributed by atoms with Crippen LogP contribution in [-0.2, 0) is 37.3 Å². The van der Waals surface area contributed by atoms with Crippen LogP contribution in [-0.4, -0.2) is 93.5 Å². The molecule has 0 amide bonds. The summed E-state index contributed by atoms with van der Waals surface area (Å²) in [5.74, 6) is -2.84. The van der Waals surface area contributed by atoms with Gasteiger partial charge in [-0.25, -0.2) is 18.9 Å². The predicted molar refractivity (Wildman–Crippen MR) is 231 cm³/mol. The lowest BCUT2D eigenvalue weighted by Crippen LogP contribution is -3.11. The lowest BCUT2D eigenvalue weighted by Gasteiger charge is -2.44. The molecule has 13 nitrogen and oxygen atoms in total.